The average molecular weight is 257 g/mol. The van der Waals surface area contributed by atoms with Gasteiger partial charge in [-0.1, -0.05) is 6.42 Å². The molecule has 2 aromatic heterocycles. The molecule has 0 spiro atoms. The molecule has 0 bridgehead atoms. The summed E-state index contributed by atoms with van der Waals surface area (Å²) in [7, 11) is 0. The van der Waals surface area contributed by atoms with Gasteiger partial charge >= 0.3 is 0 Å². The Morgan fingerprint density at radius 1 is 1.16 bits per heavy atom. The van der Waals surface area contributed by atoms with Crippen molar-refractivity contribution in [1.29, 1.82) is 0 Å². The van der Waals surface area contributed by atoms with Crippen LogP contribution in [0.25, 0.3) is 5.78 Å². The van der Waals surface area contributed by atoms with Crippen LogP contribution in [0.15, 0.2) is 6.33 Å². The molecule has 2 fully saturated rings. The highest BCUT2D eigenvalue weighted by Crippen LogP contribution is 2.40. The summed E-state index contributed by atoms with van der Waals surface area (Å²) in [5.74, 6) is 3.68. The Morgan fingerprint density at radius 3 is 2.63 bits per heavy atom. The number of hydrogen-bond acceptors (Lipinski definition) is 4. The van der Waals surface area contributed by atoms with Crippen molar-refractivity contribution < 1.29 is 0 Å². The normalized spacial score (nSPS) is 26.3. The summed E-state index contributed by atoms with van der Waals surface area (Å²) in [4.78, 5) is 11.2. The minimum atomic E-state index is 0.718. The molecule has 0 N–H and O–H groups in total. The fourth-order valence-electron chi connectivity index (χ4n) is 3.79. The molecule has 1 aliphatic heterocycles. The number of hydrogen-bond donors (Lipinski definition) is 0. The monoisotopic (exact) mass is 257 g/mol. The van der Waals surface area contributed by atoms with E-state index < -0.39 is 0 Å². The van der Waals surface area contributed by atoms with Crippen LogP contribution in [0.4, 0.5) is 5.82 Å². The van der Waals surface area contributed by atoms with Gasteiger partial charge in [0.2, 0.25) is 0 Å². The van der Waals surface area contributed by atoms with Crippen LogP contribution >= 0.6 is 0 Å². The molecular formula is C14H19N5. The van der Waals surface area contributed by atoms with Crippen molar-refractivity contribution in [2.24, 2.45) is 11.8 Å². The van der Waals surface area contributed by atoms with Crippen LogP contribution in [-0.4, -0.2) is 32.7 Å². The Morgan fingerprint density at radius 2 is 1.89 bits per heavy atom. The lowest BCUT2D eigenvalue weighted by Crippen LogP contribution is -2.25. The van der Waals surface area contributed by atoms with Gasteiger partial charge in [-0.15, -0.1) is 0 Å². The highest BCUT2D eigenvalue weighted by Gasteiger charge is 2.37. The van der Waals surface area contributed by atoms with E-state index >= 15 is 0 Å². The van der Waals surface area contributed by atoms with Gasteiger partial charge in [-0.25, -0.2) is 4.98 Å². The molecule has 3 heterocycles. The van der Waals surface area contributed by atoms with Gasteiger partial charge in [0.15, 0.2) is 0 Å². The second-order valence-electron chi connectivity index (χ2n) is 5.97. The van der Waals surface area contributed by atoms with E-state index in [-0.39, 0.29) is 0 Å². The first-order chi connectivity index (χ1) is 9.24. The van der Waals surface area contributed by atoms with Gasteiger partial charge in [0.05, 0.1) is 0 Å². The molecule has 1 saturated heterocycles. The predicted molar refractivity (Wildman–Crippen MR) is 73.3 cm³/mol. The van der Waals surface area contributed by atoms with E-state index in [0.29, 0.717) is 0 Å². The summed E-state index contributed by atoms with van der Waals surface area (Å²) in [6.07, 6.45) is 5.80. The minimum Gasteiger partial charge on any atom is -0.356 e. The highest BCUT2D eigenvalue weighted by atomic mass is 15.4. The molecule has 5 nitrogen and oxygen atoms in total. The molecule has 1 saturated carbocycles. The molecule has 4 rings (SSSR count). The van der Waals surface area contributed by atoms with E-state index in [2.05, 4.69) is 33.8 Å². The van der Waals surface area contributed by atoms with E-state index in [4.69, 9.17) is 0 Å². The van der Waals surface area contributed by atoms with Gasteiger partial charge in [0.1, 0.15) is 12.1 Å². The third-order valence-corrected chi connectivity index (χ3v) is 4.90. The smallest absolute Gasteiger partial charge is 0.254 e. The lowest BCUT2D eigenvalue weighted by molar-refractivity contribution is 0.494. The molecular weight excluding hydrogens is 238 g/mol. The Kier molecular flexibility index (Phi) is 2.31. The molecule has 5 heteroatoms. The zero-order chi connectivity index (χ0) is 13.0. The molecule has 0 unspecified atom stereocenters. The van der Waals surface area contributed by atoms with Gasteiger partial charge in [-0.2, -0.15) is 14.6 Å². The first-order valence-corrected chi connectivity index (χ1v) is 7.16. The van der Waals surface area contributed by atoms with Crippen LogP contribution in [0, 0.1) is 25.7 Å². The molecule has 0 radical (unpaired) electrons. The van der Waals surface area contributed by atoms with Crippen LogP contribution in [0.2, 0.25) is 0 Å². The van der Waals surface area contributed by atoms with Crippen LogP contribution in [0.3, 0.4) is 0 Å². The predicted octanol–water partition coefficient (Wildman–Crippen LogP) is 1.98. The molecule has 0 aromatic carbocycles. The topological polar surface area (TPSA) is 46.3 Å². The third-order valence-electron chi connectivity index (χ3n) is 4.90. The molecule has 100 valence electrons. The van der Waals surface area contributed by atoms with E-state index in [1.165, 1.54) is 43.7 Å². The standard InChI is InChI=1S/C14H19N5/c1-9-10(2)17-14-15-8-16-19(14)13(9)18-6-11-4-3-5-12(11)7-18/h8,11-12H,3-7H2,1-2H3/t11-,12+. The largest absolute Gasteiger partial charge is 0.356 e. The van der Waals surface area contributed by atoms with Crippen LogP contribution < -0.4 is 4.90 Å². The number of rotatable bonds is 1. The van der Waals surface area contributed by atoms with Gasteiger partial charge in [-0.05, 0) is 38.5 Å². The number of anilines is 1. The van der Waals surface area contributed by atoms with Crippen LogP contribution in [0.1, 0.15) is 30.5 Å². The summed E-state index contributed by atoms with van der Waals surface area (Å²) in [6.45, 7) is 6.55. The van der Waals surface area contributed by atoms with E-state index in [1.54, 1.807) is 6.33 Å². The van der Waals surface area contributed by atoms with E-state index in [1.807, 2.05) is 4.52 Å². The van der Waals surface area contributed by atoms with Crippen molar-refractivity contribution in [1.82, 2.24) is 19.6 Å². The van der Waals surface area contributed by atoms with Crippen LogP contribution in [-0.2, 0) is 0 Å². The third kappa shape index (κ3) is 1.57. The van der Waals surface area contributed by atoms with Crippen molar-refractivity contribution in [3.63, 3.8) is 0 Å². The Labute approximate surface area is 112 Å². The quantitative estimate of drug-likeness (QED) is 0.783. The van der Waals surface area contributed by atoms with Gasteiger partial charge < -0.3 is 4.90 Å². The minimum absolute atomic E-state index is 0.718. The number of aryl methyl sites for hydroxylation is 1. The fourth-order valence-corrected chi connectivity index (χ4v) is 3.79. The summed E-state index contributed by atoms with van der Waals surface area (Å²) in [5, 5.41) is 4.36. The maximum absolute atomic E-state index is 4.50. The van der Waals surface area contributed by atoms with Gasteiger partial charge in [0, 0.05) is 24.3 Å². The summed E-state index contributed by atoms with van der Waals surface area (Å²) < 4.78 is 1.91. The molecule has 19 heavy (non-hydrogen) atoms. The molecule has 2 atom stereocenters. The highest BCUT2D eigenvalue weighted by molar-refractivity contribution is 5.54. The number of nitrogens with zero attached hydrogens (tertiary/aromatic N) is 5. The maximum atomic E-state index is 4.50. The molecule has 0 amide bonds. The maximum Gasteiger partial charge on any atom is 0.254 e. The van der Waals surface area contributed by atoms with Gasteiger partial charge in [0.25, 0.3) is 5.78 Å². The van der Waals surface area contributed by atoms with E-state index in [9.17, 15) is 0 Å². The van der Waals surface area contributed by atoms with Crippen LogP contribution in [0.5, 0.6) is 0 Å². The fraction of sp³-hybridized carbons (Fsp3) is 0.643. The number of fused-ring (bicyclic) bond motifs is 2. The summed E-state index contributed by atoms with van der Waals surface area (Å²) in [6, 6.07) is 0. The lowest BCUT2D eigenvalue weighted by atomic mass is 10.0. The molecule has 2 aromatic rings. The molecule has 2 aliphatic rings. The van der Waals surface area contributed by atoms with Crippen molar-refractivity contribution in [3.05, 3.63) is 17.6 Å². The SMILES string of the molecule is Cc1nc2ncnn2c(N2C[C@H]3CCC[C@H]3C2)c1C. The summed E-state index contributed by atoms with van der Waals surface area (Å²) >= 11 is 0. The first kappa shape index (κ1) is 11.2. The van der Waals surface area contributed by atoms with Gasteiger partial charge in [-0.3, -0.25) is 0 Å². The second kappa shape index (κ2) is 3.92. The average Bonchev–Trinajstić information content (AvgIpc) is 3.04. The first-order valence-electron chi connectivity index (χ1n) is 7.16. The van der Waals surface area contributed by atoms with Crippen molar-refractivity contribution in [2.45, 2.75) is 33.1 Å². The number of aromatic nitrogens is 4. The van der Waals surface area contributed by atoms with Crippen molar-refractivity contribution in [3.8, 4) is 0 Å². The lowest BCUT2D eigenvalue weighted by Gasteiger charge is -2.22. The Hall–Kier alpha value is -1.65. The molecule has 1 aliphatic carbocycles. The second-order valence-corrected chi connectivity index (χ2v) is 5.97. The Bertz CT molecular complexity index is 620. The zero-order valence-electron chi connectivity index (χ0n) is 11.5. The van der Waals surface area contributed by atoms with Crippen molar-refractivity contribution in [2.75, 3.05) is 18.0 Å². The summed E-state index contributed by atoms with van der Waals surface area (Å²) in [5.41, 5.74) is 2.30. The Balaban J connectivity index is 1.82. The zero-order valence-corrected chi connectivity index (χ0v) is 11.5. The van der Waals surface area contributed by atoms with Crippen molar-refractivity contribution >= 4 is 11.6 Å². The van der Waals surface area contributed by atoms with E-state index in [0.717, 1.165) is 23.3 Å².